The Balaban J connectivity index is 1.46. The lowest BCUT2D eigenvalue weighted by Crippen LogP contribution is -2.17. The fraction of sp³-hybridized carbons (Fsp3) is 0.0769. The van der Waals surface area contributed by atoms with E-state index in [9.17, 15) is 0 Å². The Morgan fingerprint density at radius 1 is 0.591 bits per heavy atom. The maximum atomic E-state index is 5.20. The zero-order valence-corrected chi connectivity index (χ0v) is 24.4. The van der Waals surface area contributed by atoms with Crippen LogP contribution < -0.4 is 0 Å². The van der Waals surface area contributed by atoms with Crippen LogP contribution in [0.2, 0.25) is 0 Å². The average Bonchev–Trinajstić information content (AvgIpc) is 3.52. The van der Waals surface area contributed by atoms with Gasteiger partial charge in [-0.1, -0.05) is 111 Å². The molecule has 1 aliphatic carbocycles. The molecule has 0 saturated heterocycles. The van der Waals surface area contributed by atoms with Gasteiger partial charge in [0.1, 0.15) is 0 Å². The normalized spacial score (nSPS) is 13.4. The highest BCUT2D eigenvalue weighted by atomic mass is 15.2. The summed E-state index contributed by atoms with van der Waals surface area (Å²) in [5, 5.41) is 4.57. The molecule has 5 aromatic carbocycles. The van der Waals surface area contributed by atoms with E-state index in [0.717, 1.165) is 38.3 Å². The maximum Gasteiger partial charge on any atom is 0.238 e. The topological polar surface area (TPSA) is 56.5 Å². The molecule has 0 amide bonds. The van der Waals surface area contributed by atoms with Gasteiger partial charge in [-0.25, -0.2) is 4.98 Å². The molecule has 9 rings (SSSR count). The van der Waals surface area contributed by atoms with Crippen LogP contribution in [0.3, 0.4) is 0 Å². The van der Waals surface area contributed by atoms with Crippen molar-refractivity contribution in [3.05, 3.63) is 139 Å². The first-order valence-electron chi connectivity index (χ1n) is 14.9. The highest BCUT2D eigenvalue weighted by Crippen LogP contribution is 2.53. The third-order valence-electron chi connectivity index (χ3n) is 9.09. The third kappa shape index (κ3) is 3.53. The summed E-state index contributed by atoms with van der Waals surface area (Å²) in [6.07, 6.45) is 3.79. The van der Waals surface area contributed by atoms with Crippen molar-refractivity contribution in [3.63, 3.8) is 0 Å². The van der Waals surface area contributed by atoms with Crippen LogP contribution in [0.5, 0.6) is 0 Å². The van der Waals surface area contributed by atoms with Gasteiger partial charge in [-0.3, -0.25) is 9.55 Å². The van der Waals surface area contributed by atoms with Crippen molar-refractivity contribution in [2.45, 2.75) is 19.3 Å². The number of hydrogen-bond donors (Lipinski definition) is 0. The Bertz CT molecular complexity index is 2350. The predicted molar refractivity (Wildman–Crippen MR) is 178 cm³/mol. The van der Waals surface area contributed by atoms with Crippen molar-refractivity contribution in [1.82, 2.24) is 24.5 Å². The van der Waals surface area contributed by atoms with E-state index in [1.54, 1.807) is 0 Å². The summed E-state index contributed by atoms with van der Waals surface area (Å²) in [5.41, 5.74) is 9.01. The summed E-state index contributed by atoms with van der Waals surface area (Å²) >= 11 is 0. The molecule has 0 radical (unpaired) electrons. The lowest BCUT2D eigenvalue weighted by atomic mass is 9.81. The summed E-state index contributed by atoms with van der Waals surface area (Å²) in [7, 11) is 0. The molecule has 5 nitrogen and oxygen atoms in total. The molecule has 208 valence electrons. The van der Waals surface area contributed by atoms with Gasteiger partial charge < -0.3 is 0 Å². The SMILES string of the molecule is CC1(C)c2ccccc2-c2ccc3c4cc5ccncc5cc4n(-c4nc(-c5ccccc5)nc(-c5ccccc5)n4)c3c21. The Labute approximate surface area is 254 Å². The number of pyridine rings is 1. The highest BCUT2D eigenvalue weighted by Gasteiger charge is 2.38. The summed E-state index contributed by atoms with van der Waals surface area (Å²) in [6.45, 7) is 4.66. The molecule has 1 aliphatic rings. The van der Waals surface area contributed by atoms with Gasteiger partial charge >= 0.3 is 0 Å². The van der Waals surface area contributed by atoms with Gasteiger partial charge in [-0.15, -0.1) is 0 Å². The van der Waals surface area contributed by atoms with E-state index in [1.165, 1.54) is 27.6 Å². The molecule has 0 fully saturated rings. The van der Waals surface area contributed by atoms with Crippen LogP contribution in [0.15, 0.2) is 128 Å². The number of benzene rings is 5. The number of hydrogen-bond acceptors (Lipinski definition) is 4. The number of rotatable bonds is 3. The van der Waals surface area contributed by atoms with Gasteiger partial charge in [-0.05, 0) is 45.8 Å². The van der Waals surface area contributed by atoms with E-state index < -0.39 is 0 Å². The second-order valence-corrected chi connectivity index (χ2v) is 12.0. The zero-order valence-electron chi connectivity index (χ0n) is 24.4. The second-order valence-electron chi connectivity index (χ2n) is 12.0. The van der Waals surface area contributed by atoms with Crippen LogP contribution in [-0.4, -0.2) is 24.5 Å². The molecule has 0 atom stereocenters. The molecular formula is C39H27N5. The van der Waals surface area contributed by atoms with E-state index in [1.807, 2.05) is 48.8 Å². The van der Waals surface area contributed by atoms with Gasteiger partial charge in [0.2, 0.25) is 5.95 Å². The quantitative estimate of drug-likeness (QED) is 0.214. The van der Waals surface area contributed by atoms with Gasteiger partial charge in [0.15, 0.2) is 11.6 Å². The Hall–Kier alpha value is -5.68. The monoisotopic (exact) mass is 565 g/mol. The minimum atomic E-state index is -0.226. The Kier molecular flexibility index (Phi) is 5.18. The van der Waals surface area contributed by atoms with Crippen LogP contribution in [-0.2, 0) is 5.41 Å². The van der Waals surface area contributed by atoms with Crippen molar-refractivity contribution < 1.29 is 0 Å². The zero-order chi connectivity index (χ0) is 29.4. The molecule has 0 saturated carbocycles. The lowest BCUT2D eigenvalue weighted by molar-refractivity contribution is 0.663. The Morgan fingerprint density at radius 2 is 1.27 bits per heavy atom. The molecule has 5 heteroatoms. The fourth-order valence-electron chi connectivity index (χ4n) is 7.05. The number of nitrogens with zero attached hydrogens (tertiary/aromatic N) is 5. The summed E-state index contributed by atoms with van der Waals surface area (Å²) in [6, 6.07) is 40.3. The summed E-state index contributed by atoms with van der Waals surface area (Å²) in [5.74, 6) is 1.88. The smallest absolute Gasteiger partial charge is 0.238 e. The van der Waals surface area contributed by atoms with Crippen LogP contribution in [0.4, 0.5) is 0 Å². The van der Waals surface area contributed by atoms with Gasteiger partial charge in [-0.2, -0.15) is 9.97 Å². The minimum Gasteiger partial charge on any atom is -0.277 e. The van der Waals surface area contributed by atoms with Crippen LogP contribution in [0.25, 0.3) is 72.4 Å². The van der Waals surface area contributed by atoms with E-state index in [0.29, 0.717) is 17.6 Å². The minimum absolute atomic E-state index is 0.226. The molecular weight excluding hydrogens is 538 g/mol. The summed E-state index contributed by atoms with van der Waals surface area (Å²) < 4.78 is 2.27. The fourth-order valence-corrected chi connectivity index (χ4v) is 7.05. The molecule has 3 heterocycles. The van der Waals surface area contributed by atoms with Gasteiger partial charge in [0, 0.05) is 45.1 Å². The molecule has 0 bridgehead atoms. The van der Waals surface area contributed by atoms with Crippen LogP contribution in [0.1, 0.15) is 25.0 Å². The van der Waals surface area contributed by atoms with E-state index >= 15 is 0 Å². The Morgan fingerprint density at radius 3 is 2.00 bits per heavy atom. The molecule has 0 aliphatic heterocycles. The first-order valence-corrected chi connectivity index (χ1v) is 14.9. The van der Waals surface area contributed by atoms with E-state index in [-0.39, 0.29) is 5.41 Å². The maximum absolute atomic E-state index is 5.20. The first-order chi connectivity index (χ1) is 21.6. The molecule has 0 unspecified atom stereocenters. The van der Waals surface area contributed by atoms with Crippen molar-refractivity contribution in [1.29, 1.82) is 0 Å². The molecule has 44 heavy (non-hydrogen) atoms. The van der Waals surface area contributed by atoms with Crippen molar-refractivity contribution in [2.24, 2.45) is 0 Å². The molecule has 0 N–H and O–H groups in total. The van der Waals surface area contributed by atoms with Crippen molar-refractivity contribution in [3.8, 4) is 39.9 Å². The largest absolute Gasteiger partial charge is 0.277 e. The lowest BCUT2D eigenvalue weighted by Gasteiger charge is -2.23. The molecule has 3 aromatic heterocycles. The first kappa shape index (κ1) is 24.9. The summed E-state index contributed by atoms with van der Waals surface area (Å²) in [4.78, 5) is 19.8. The van der Waals surface area contributed by atoms with Crippen molar-refractivity contribution in [2.75, 3.05) is 0 Å². The van der Waals surface area contributed by atoms with E-state index in [2.05, 4.69) is 102 Å². The highest BCUT2D eigenvalue weighted by molar-refractivity contribution is 6.16. The third-order valence-corrected chi connectivity index (χ3v) is 9.09. The second kappa shape index (κ2) is 9.16. The van der Waals surface area contributed by atoms with Crippen molar-refractivity contribution >= 4 is 32.6 Å². The number of fused-ring (bicyclic) bond motifs is 8. The van der Waals surface area contributed by atoms with E-state index in [4.69, 9.17) is 15.0 Å². The van der Waals surface area contributed by atoms with Crippen LogP contribution >= 0.6 is 0 Å². The molecule has 0 spiro atoms. The number of aromatic nitrogens is 5. The predicted octanol–water partition coefficient (Wildman–Crippen LogP) is 9.16. The van der Waals surface area contributed by atoms with Gasteiger partial charge in [0.25, 0.3) is 0 Å². The molecule has 8 aromatic rings. The average molecular weight is 566 g/mol. The standard InChI is InChI=1S/C39H27N5/c1-39(2)32-16-10-9-15-28(32)29-17-18-30-31-21-26-19-20-40-23-27(26)22-33(31)44(35(30)34(29)39)38-42-36(24-11-5-3-6-12-24)41-37(43-38)25-13-7-4-8-14-25/h3-23H,1-2H3. The van der Waals surface area contributed by atoms with Gasteiger partial charge in [0.05, 0.1) is 11.0 Å². The van der Waals surface area contributed by atoms with Crippen LogP contribution in [0, 0.1) is 0 Å².